The van der Waals surface area contributed by atoms with Crippen molar-refractivity contribution in [3.05, 3.63) is 0 Å². The number of aliphatic hydroxyl groups is 1. The van der Waals surface area contributed by atoms with Crippen molar-refractivity contribution in [1.82, 2.24) is 4.90 Å². The summed E-state index contributed by atoms with van der Waals surface area (Å²) in [7, 11) is 0. The molecule has 10 heavy (non-hydrogen) atoms. The first kappa shape index (κ1) is 6.62. The summed E-state index contributed by atoms with van der Waals surface area (Å²) in [6.45, 7) is 3.07. The van der Waals surface area contributed by atoms with E-state index in [0.29, 0.717) is 0 Å². The fourth-order valence-corrected chi connectivity index (χ4v) is 1.50. The zero-order chi connectivity index (χ0) is 6.97. The van der Waals surface area contributed by atoms with E-state index in [1.54, 1.807) is 0 Å². The smallest absolute Gasteiger partial charge is 0.0793 e. The average Bonchev–Trinajstić information content (AvgIpc) is 2.60. The van der Waals surface area contributed by atoms with E-state index < -0.39 is 0 Å². The van der Waals surface area contributed by atoms with Crippen molar-refractivity contribution in [3.8, 4) is 0 Å². The quantitative estimate of drug-likeness (QED) is 0.617. The predicted octanol–water partition coefficient (Wildman–Crippen LogP) is 0.463. The summed E-state index contributed by atoms with van der Waals surface area (Å²) in [4.78, 5) is 2.34. The van der Waals surface area contributed by atoms with Crippen LogP contribution in [0.15, 0.2) is 0 Å². The molecule has 0 amide bonds. The third-order valence-corrected chi connectivity index (χ3v) is 2.49. The Morgan fingerprint density at radius 3 is 2.50 bits per heavy atom. The van der Waals surface area contributed by atoms with Crippen LogP contribution in [0.5, 0.6) is 0 Å². The monoisotopic (exact) mass is 141 g/mol. The lowest BCUT2D eigenvalue weighted by molar-refractivity contribution is 0.00102. The van der Waals surface area contributed by atoms with Gasteiger partial charge in [-0.25, -0.2) is 0 Å². The number of hydrogen-bond acceptors (Lipinski definition) is 2. The molecule has 0 aromatic rings. The van der Waals surface area contributed by atoms with Crippen LogP contribution in [0.4, 0.5) is 0 Å². The molecule has 1 N–H and O–H groups in total. The van der Waals surface area contributed by atoms with Gasteiger partial charge in [0.2, 0.25) is 0 Å². The lowest BCUT2D eigenvalue weighted by Gasteiger charge is -2.35. The number of hydrogen-bond donors (Lipinski definition) is 1. The van der Waals surface area contributed by atoms with Crippen LogP contribution >= 0.6 is 0 Å². The van der Waals surface area contributed by atoms with Gasteiger partial charge in [-0.3, -0.25) is 4.90 Å². The van der Waals surface area contributed by atoms with Gasteiger partial charge in [0.25, 0.3) is 0 Å². The van der Waals surface area contributed by atoms with Crippen LogP contribution in [-0.2, 0) is 0 Å². The van der Waals surface area contributed by atoms with Gasteiger partial charge in [-0.1, -0.05) is 12.8 Å². The molecule has 1 aliphatic carbocycles. The number of nitrogens with zero attached hydrogens (tertiary/aromatic N) is 1. The predicted molar refractivity (Wildman–Crippen MR) is 39.8 cm³/mol. The second-order valence-electron chi connectivity index (χ2n) is 3.65. The summed E-state index contributed by atoms with van der Waals surface area (Å²) in [6, 6.07) is 0. The minimum absolute atomic E-state index is 0.0146. The molecule has 1 aliphatic heterocycles. The number of rotatable bonds is 3. The van der Waals surface area contributed by atoms with Gasteiger partial charge in [-0.15, -0.1) is 0 Å². The van der Waals surface area contributed by atoms with Crippen molar-refractivity contribution < 1.29 is 5.11 Å². The standard InChI is InChI=1S/C8H15NO/c10-8-5-9(6-8)4-3-7-1-2-7/h7-8,10H,1-6H2. The fourth-order valence-electron chi connectivity index (χ4n) is 1.50. The largest absolute Gasteiger partial charge is 0.390 e. The van der Waals surface area contributed by atoms with Gasteiger partial charge in [0.1, 0.15) is 0 Å². The van der Waals surface area contributed by atoms with Gasteiger partial charge < -0.3 is 5.11 Å². The first-order valence-electron chi connectivity index (χ1n) is 4.25. The zero-order valence-corrected chi connectivity index (χ0v) is 6.29. The number of β-amino-alcohol motifs (C(OH)–C–C–N with tert-alkyl or cyclic N) is 1. The third kappa shape index (κ3) is 1.50. The molecule has 0 bridgehead atoms. The maximum absolute atomic E-state index is 8.96. The lowest BCUT2D eigenvalue weighted by Crippen LogP contribution is -2.50. The number of likely N-dealkylation sites (tertiary alicyclic amines) is 1. The molecule has 1 heterocycles. The van der Waals surface area contributed by atoms with Gasteiger partial charge in [0.05, 0.1) is 6.10 Å². The molecule has 0 atom stereocenters. The minimum atomic E-state index is -0.0146. The van der Waals surface area contributed by atoms with Crippen LogP contribution in [0.1, 0.15) is 19.3 Å². The Morgan fingerprint density at radius 2 is 2.00 bits per heavy atom. The Kier molecular flexibility index (Phi) is 1.66. The SMILES string of the molecule is OC1CN(CCC2CC2)C1. The molecule has 1 saturated carbocycles. The van der Waals surface area contributed by atoms with Crippen LogP contribution in [0.3, 0.4) is 0 Å². The minimum Gasteiger partial charge on any atom is -0.390 e. The summed E-state index contributed by atoms with van der Waals surface area (Å²) in [6.07, 6.45) is 4.26. The maximum Gasteiger partial charge on any atom is 0.0793 e. The van der Waals surface area contributed by atoms with E-state index in [-0.39, 0.29) is 6.10 Å². The summed E-state index contributed by atoms with van der Waals surface area (Å²) >= 11 is 0. The lowest BCUT2D eigenvalue weighted by atomic mass is 10.1. The average molecular weight is 141 g/mol. The number of aliphatic hydroxyl groups excluding tert-OH is 1. The van der Waals surface area contributed by atoms with Crippen LogP contribution in [0.25, 0.3) is 0 Å². The van der Waals surface area contributed by atoms with E-state index in [9.17, 15) is 0 Å². The highest BCUT2D eigenvalue weighted by Gasteiger charge is 2.27. The molecule has 2 aliphatic rings. The van der Waals surface area contributed by atoms with Gasteiger partial charge >= 0.3 is 0 Å². The zero-order valence-electron chi connectivity index (χ0n) is 6.29. The Bertz CT molecular complexity index is 116. The van der Waals surface area contributed by atoms with Crippen molar-refractivity contribution in [3.63, 3.8) is 0 Å². The summed E-state index contributed by atoms with van der Waals surface area (Å²) in [5.74, 6) is 1.04. The molecule has 0 aromatic heterocycles. The fraction of sp³-hybridized carbons (Fsp3) is 1.00. The van der Waals surface area contributed by atoms with Crippen LogP contribution < -0.4 is 0 Å². The highest BCUT2D eigenvalue weighted by Crippen LogP contribution is 2.32. The normalized spacial score (nSPS) is 28.5. The van der Waals surface area contributed by atoms with E-state index in [2.05, 4.69) is 4.90 Å². The Morgan fingerprint density at radius 1 is 1.30 bits per heavy atom. The molecule has 0 aromatic carbocycles. The van der Waals surface area contributed by atoms with Crippen molar-refractivity contribution in [2.24, 2.45) is 5.92 Å². The molecule has 2 nitrogen and oxygen atoms in total. The maximum atomic E-state index is 8.96. The van der Waals surface area contributed by atoms with E-state index in [1.807, 2.05) is 0 Å². The summed E-state index contributed by atoms with van der Waals surface area (Å²) in [5, 5.41) is 8.96. The van der Waals surface area contributed by atoms with Crippen molar-refractivity contribution in [2.45, 2.75) is 25.4 Å². The van der Waals surface area contributed by atoms with E-state index in [1.165, 1.54) is 25.8 Å². The molecule has 0 radical (unpaired) electrons. The Hall–Kier alpha value is -0.0800. The molecule has 2 heteroatoms. The highest BCUT2D eigenvalue weighted by atomic mass is 16.3. The van der Waals surface area contributed by atoms with Crippen molar-refractivity contribution >= 4 is 0 Å². The van der Waals surface area contributed by atoms with Crippen molar-refractivity contribution in [1.29, 1.82) is 0 Å². The van der Waals surface area contributed by atoms with E-state index >= 15 is 0 Å². The van der Waals surface area contributed by atoms with Gasteiger partial charge in [-0.2, -0.15) is 0 Å². The third-order valence-electron chi connectivity index (χ3n) is 2.49. The Labute approximate surface area is 61.8 Å². The van der Waals surface area contributed by atoms with Crippen LogP contribution in [-0.4, -0.2) is 35.7 Å². The van der Waals surface area contributed by atoms with Crippen LogP contribution in [0.2, 0.25) is 0 Å². The molecular formula is C8H15NO. The molecule has 2 rings (SSSR count). The van der Waals surface area contributed by atoms with Crippen molar-refractivity contribution in [2.75, 3.05) is 19.6 Å². The second-order valence-corrected chi connectivity index (χ2v) is 3.65. The highest BCUT2D eigenvalue weighted by molar-refractivity contribution is 4.81. The summed E-state index contributed by atoms with van der Waals surface area (Å²) < 4.78 is 0. The van der Waals surface area contributed by atoms with E-state index in [0.717, 1.165) is 19.0 Å². The van der Waals surface area contributed by atoms with Gasteiger partial charge in [0.15, 0.2) is 0 Å². The molecule has 0 unspecified atom stereocenters. The van der Waals surface area contributed by atoms with E-state index in [4.69, 9.17) is 5.11 Å². The van der Waals surface area contributed by atoms with Gasteiger partial charge in [0, 0.05) is 13.1 Å². The first-order valence-corrected chi connectivity index (χ1v) is 4.25. The second kappa shape index (κ2) is 2.51. The summed E-state index contributed by atoms with van der Waals surface area (Å²) in [5.41, 5.74) is 0. The topological polar surface area (TPSA) is 23.5 Å². The molecular weight excluding hydrogens is 126 g/mol. The molecule has 58 valence electrons. The van der Waals surface area contributed by atoms with Gasteiger partial charge in [-0.05, 0) is 18.9 Å². The molecule has 2 fully saturated rings. The Balaban J connectivity index is 1.54. The first-order chi connectivity index (χ1) is 4.84. The molecule has 0 spiro atoms. The van der Waals surface area contributed by atoms with Crippen LogP contribution in [0, 0.1) is 5.92 Å². The molecule has 1 saturated heterocycles.